The Morgan fingerprint density at radius 1 is 1.08 bits per heavy atom. The van der Waals surface area contributed by atoms with Crippen molar-refractivity contribution < 1.29 is 13.2 Å². The molecule has 0 aromatic heterocycles. The first kappa shape index (κ1) is 18.1. The Balaban J connectivity index is 1.68. The van der Waals surface area contributed by atoms with Gasteiger partial charge in [0.05, 0.1) is 5.41 Å². The van der Waals surface area contributed by atoms with Gasteiger partial charge in [0.25, 0.3) is 10.2 Å². The van der Waals surface area contributed by atoms with E-state index in [9.17, 15) is 13.2 Å². The Bertz CT molecular complexity index is 572. The van der Waals surface area contributed by atoms with E-state index < -0.39 is 15.6 Å². The van der Waals surface area contributed by atoms with Gasteiger partial charge < -0.3 is 4.90 Å². The molecule has 0 radical (unpaired) electrons. The van der Waals surface area contributed by atoms with Crippen molar-refractivity contribution in [3.63, 3.8) is 0 Å². The topological polar surface area (TPSA) is 60.9 Å². The number of nitrogens with zero attached hydrogens (tertiary/aromatic N) is 3. The number of hydrogen-bond acceptors (Lipinski definition) is 3. The summed E-state index contributed by atoms with van der Waals surface area (Å²) in [6.07, 6.45) is 8.85. The fourth-order valence-electron chi connectivity index (χ4n) is 4.65. The fraction of sp³-hybridized carbons (Fsp3) is 0.941. The first-order chi connectivity index (χ1) is 11.3. The van der Waals surface area contributed by atoms with Crippen LogP contribution in [-0.2, 0) is 15.0 Å². The summed E-state index contributed by atoms with van der Waals surface area (Å²) in [7, 11) is -0.316. The molecule has 7 heteroatoms. The molecule has 1 unspecified atom stereocenters. The monoisotopic (exact) mass is 357 g/mol. The van der Waals surface area contributed by atoms with Gasteiger partial charge in [0.2, 0.25) is 5.91 Å². The molecule has 2 heterocycles. The zero-order valence-electron chi connectivity index (χ0n) is 15.0. The number of rotatable bonds is 4. The van der Waals surface area contributed by atoms with Crippen LogP contribution in [0.5, 0.6) is 0 Å². The van der Waals surface area contributed by atoms with Gasteiger partial charge in [-0.2, -0.15) is 17.0 Å². The summed E-state index contributed by atoms with van der Waals surface area (Å²) in [6.45, 7) is 2.54. The van der Waals surface area contributed by atoms with Gasteiger partial charge in [-0.3, -0.25) is 4.79 Å². The fourth-order valence-corrected chi connectivity index (χ4v) is 5.84. The van der Waals surface area contributed by atoms with E-state index in [1.54, 1.807) is 14.1 Å². The molecule has 138 valence electrons. The molecule has 1 atom stereocenters. The van der Waals surface area contributed by atoms with E-state index in [-0.39, 0.29) is 5.91 Å². The van der Waals surface area contributed by atoms with Gasteiger partial charge in [-0.15, -0.1) is 0 Å². The highest BCUT2D eigenvalue weighted by Gasteiger charge is 2.51. The van der Waals surface area contributed by atoms with Crippen LogP contribution < -0.4 is 0 Å². The van der Waals surface area contributed by atoms with Gasteiger partial charge >= 0.3 is 0 Å². The number of carbonyl (C=O) groups excluding carboxylic acids is 1. The van der Waals surface area contributed by atoms with Gasteiger partial charge in [0, 0.05) is 40.3 Å². The average Bonchev–Trinajstić information content (AvgIpc) is 2.99. The molecule has 24 heavy (non-hydrogen) atoms. The molecule has 1 saturated carbocycles. The number of carbonyl (C=O) groups is 1. The smallest absolute Gasteiger partial charge is 0.281 e. The molecule has 3 aliphatic rings. The maximum absolute atomic E-state index is 13.2. The Morgan fingerprint density at radius 3 is 2.46 bits per heavy atom. The van der Waals surface area contributed by atoms with E-state index in [0.717, 1.165) is 25.9 Å². The lowest BCUT2D eigenvalue weighted by molar-refractivity contribution is -0.146. The van der Waals surface area contributed by atoms with Gasteiger partial charge in [-0.05, 0) is 38.0 Å². The van der Waals surface area contributed by atoms with Crippen LogP contribution in [0.25, 0.3) is 0 Å². The zero-order chi connectivity index (χ0) is 17.4. The van der Waals surface area contributed by atoms with E-state index in [1.807, 2.05) is 4.90 Å². The molecule has 1 amide bonds. The molecule has 0 N–H and O–H groups in total. The summed E-state index contributed by atoms with van der Waals surface area (Å²) in [5.74, 6) is 0.844. The minimum absolute atomic E-state index is 0.204. The van der Waals surface area contributed by atoms with Gasteiger partial charge in [0.15, 0.2) is 0 Å². The quantitative estimate of drug-likeness (QED) is 0.769. The lowest BCUT2D eigenvalue weighted by atomic mass is 9.77. The molecule has 2 saturated heterocycles. The third-order valence-corrected chi connectivity index (χ3v) is 8.02. The van der Waals surface area contributed by atoms with Crippen molar-refractivity contribution in [2.24, 2.45) is 11.3 Å². The minimum atomic E-state index is -3.42. The second-order valence-corrected chi connectivity index (χ2v) is 10.2. The summed E-state index contributed by atoms with van der Waals surface area (Å²) in [5, 5.41) is 0. The van der Waals surface area contributed by atoms with Crippen LogP contribution >= 0.6 is 0 Å². The summed E-state index contributed by atoms with van der Waals surface area (Å²) in [4.78, 5) is 15.2. The molecular formula is C17H31N3O3S. The number of likely N-dealkylation sites (tertiary alicyclic amines) is 1. The Kier molecular flexibility index (Phi) is 5.23. The minimum Gasteiger partial charge on any atom is -0.342 e. The van der Waals surface area contributed by atoms with Crippen LogP contribution in [0.2, 0.25) is 0 Å². The van der Waals surface area contributed by atoms with Crippen molar-refractivity contribution >= 4 is 16.1 Å². The normalized spacial score (nSPS) is 30.6. The van der Waals surface area contributed by atoms with Crippen LogP contribution in [0.3, 0.4) is 0 Å². The molecule has 1 aliphatic carbocycles. The summed E-state index contributed by atoms with van der Waals surface area (Å²) in [5.41, 5.74) is -0.476. The zero-order valence-corrected chi connectivity index (χ0v) is 15.9. The maximum atomic E-state index is 13.2. The van der Waals surface area contributed by atoms with E-state index in [4.69, 9.17) is 0 Å². The predicted molar refractivity (Wildman–Crippen MR) is 93.6 cm³/mol. The van der Waals surface area contributed by atoms with Gasteiger partial charge in [-0.1, -0.05) is 19.3 Å². The van der Waals surface area contributed by atoms with Crippen LogP contribution in [0.1, 0.15) is 51.4 Å². The van der Waals surface area contributed by atoms with Crippen molar-refractivity contribution in [3.05, 3.63) is 0 Å². The highest BCUT2D eigenvalue weighted by atomic mass is 32.2. The highest BCUT2D eigenvalue weighted by Crippen LogP contribution is 2.41. The molecule has 1 spiro atoms. The third-order valence-electron chi connectivity index (χ3n) is 6.13. The van der Waals surface area contributed by atoms with Crippen LogP contribution in [0.4, 0.5) is 0 Å². The molecule has 2 aliphatic heterocycles. The maximum Gasteiger partial charge on any atom is 0.281 e. The van der Waals surface area contributed by atoms with Crippen LogP contribution in [0, 0.1) is 11.3 Å². The Hall–Kier alpha value is -0.660. The lowest BCUT2D eigenvalue weighted by Crippen LogP contribution is -2.52. The van der Waals surface area contributed by atoms with Crippen LogP contribution in [0.15, 0.2) is 0 Å². The second kappa shape index (κ2) is 6.92. The Labute approximate surface area is 146 Å². The lowest BCUT2D eigenvalue weighted by Gasteiger charge is -2.41. The van der Waals surface area contributed by atoms with Crippen LogP contribution in [-0.4, -0.2) is 68.1 Å². The van der Waals surface area contributed by atoms with Crippen molar-refractivity contribution in [2.75, 3.05) is 40.3 Å². The second-order valence-electron chi connectivity index (χ2n) is 8.01. The largest absolute Gasteiger partial charge is 0.342 e. The van der Waals surface area contributed by atoms with E-state index >= 15 is 0 Å². The molecular weight excluding hydrogens is 326 g/mol. The van der Waals surface area contributed by atoms with Gasteiger partial charge in [-0.25, -0.2) is 0 Å². The number of amides is 1. The first-order valence-electron chi connectivity index (χ1n) is 9.32. The molecule has 3 rings (SSSR count). The first-order valence-corrected chi connectivity index (χ1v) is 10.7. The molecule has 3 fully saturated rings. The molecule has 0 bridgehead atoms. The van der Waals surface area contributed by atoms with E-state index in [1.165, 1.54) is 40.7 Å². The SMILES string of the molecule is CN(C)S(=O)(=O)N1CCC2(CCCN(CC3CCCCC3)C2=O)C1. The summed E-state index contributed by atoms with van der Waals surface area (Å²) >= 11 is 0. The van der Waals surface area contributed by atoms with Gasteiger partial charge in [0.1, 0.15) is 0 Å². The molecule has 0 aromatic rings. The standard InChI is InChI=1S/C17H31N3O3S/c1-18(2)24(22,23)20-12-10-17(14-20)9-6-11-19(16(17)21)13-15-7-4-3-5-8-15/h15H,3-14H2,1-2H3. The number of piperidine rings is 1. The Morgan fingerprint density at radius 2 is 1.79 bits per heavy atom. The molecule has 0 aromatic carbocycles. The van der Waals surface area contributed by atoms with Crippen molar-refractivity contribution in [2.45, 2.75) is 51.4 Å². The highest BCUT2D eigenvalue weighted by molar-refractivity contribution is 7.86. The summed E-state index contributed by atoms with van der Waals surface area (Å²) < 4.78 is 27.5. The third kappa shape index (κ3) is 3.35. The van der Waals surface area contributed by atoms with E-state index in [2.05, 4.69) is 0 Å². The molecule has 6 nitrogen and oxygen atoms in total. The average molecular weight is 358 g/mol. The van der Waals surface area contributed by atoms with E-state index in [0.29, 0.717) is 25.4 Å². The van der Waals surface area contributed by atoms with Crippen molar-refractivity contribution in [1.29, 1.82) is 0 Å². The summed E-state index contributed by atoms with van der Waals surface area (Å²) in [6, 6.07) is 0. The van der Waals surface area contributed by atoms with Crippen molar-refractivity contribution in [3.8, 4) is 0 Å². The predicted octanol–water partition coefficient (Wildman–Crippen LogP) is 1.69. The number of hydrogen-bond donors (Lipinski definition) is 0. The van der Waals surface area contributed by atoms with Crippen molar-refractivity contribution in [1.82, 2.24) is 13.5 Å².